The van der Waals surface area contributed by atoms with E-state index in [4.69, 9.17) is 17.0 Å². The lowest BCUT2D eigenvalue weighted by atomic mass is 10.1. The minimum atomic E-state index is -0.213. The number of ether oxygens (including phenoxy) is 1. The van der Waals surface area contributed by atoms with Crippen LogP contribution in [0.4, 0.5) is 5.69 Å². The van der Waals surface area contributed by atoms with Crippen molar-refractivity contribution in [1.29, 1.82) is 0 Å². The predicted octanol–water partition coefficient (Wildman–Crippen LogP) is 3.28. The molecule has 3 N–H and O–H groups in total. The summed E-state index contributed by atoms with van der Waals surface area (Å²) in [5, 5.41) is 8.66. The van der Waals surface area contributed by atoms with Gasteiger partial charge in [0.1, 0.15) is 5.75 Å². The molecule has 0 spiro atoms. The van der Waals surface area contributed by atoms with Gasteiger partial charge in [-0.15, -0.1) is 0 Å². The number of hydrogen-bond donors (Lipinski definition) is 3. The van der Waals surface area contributed by atoms with Crippen molar-refractivity contribution in [2.45, 2.75) is 26.2 Å². The van der Waals surface area contributed by atoms with Crippen LogP contribution in [0, 0.1) is 0 Å². The van der Waals surface area contributed by atoms with E-state index in [1.165, 1.54) is 0 Å². The van der Waals surface area contributed by atoms with Gasteiger partial charge in [0.2, 0.25) is 5.91 Å². The summed E-state index contributed by atoms with van der Waals surface area (Å²) in [4.78, 5) is 24.1. The van der Waals surface area contributed by atoms with Crippen LogP contribution in [-0.4, -0.2) is 30.6 Å². The first kappa shape index (κ1) is 21.4. The van der Waals surface area contributed by atoms with Crippen LogP contribution in [0.2, 0.25) is 0 Å². The molecule has 0 unspecified atom stereocenters. The number of methoxy groups -OCH3 is 1. The van der Waals surface area contributed by atoms with E-state index in [9.17, 15) is 9.59 Å². The lowest BCUT2D eigenvalue weighted by Crippen LogP contribution is -2.35. The molecule has 0 saturated carbocycles. The lowest BCUT2D eigenvalue weighted by Gasteiger charge is -2.10. The average Bonchev–Trinajstić information content (AvgIpc) is 2.69. The monoisotopic (exact) mass is 399 g/mol. The molecule has 0 radical (unpaired) electrons. The Morgan fingerprint density at radius 1 is 1.04 bits per heavy atom. The molecule has 2 amide bonds. The Morgan fingerprint density at radius 3 is 2.32 bits per heavy atom. The molecular weight excluding hydrogens is 374 g/mol. The molecule has 2 aromatic carbocycles. The van der Waals surface area contributed by atoms with Gasteiger partial charge in [-0.1, -0.05) is 25.5 Å². The lowest BCUT2D eigenvalue weighted by molar-refractivity contribution is -0.119. The van der Waals surface area contributed by atoms with Crippen LogP contribution in [0.5, 0.6) is 5.75 Å². The van der Waals surface area contributed by atoms with E-state index in [2.05, 4.69) is 22.9 Å². The fraction of sp³-hybridized carbons (Fsp3) is 0.286. The van der Waals surface area contributed by atoms with Gasteiger partial charge < -0.3 is 20.7 Å². The molecular formula is C21H25N3O3S. The van der Waals surface area contributed by atoms with Gasteiger partial charge in [-0.05, 0) is 60.6 Å². The van der Waals surface area contributed by atoms with Crippen LogP contribution in [0.1, 0.15) is 35.7 Å². The number of amides is 2. The fourth-order valence-corrected chi connectivity index (χ4v) is 2.68. The zero-order chi connectivity index (χ0) is 20.4. The Balaban J connectivity index is 1.81. The molecule has 0 atom stereocenters. The van der Waals surface area contributed by atoms with Crippen LogP contribution in [0.25, 0.3) is 0 Å². The zero-order valence-corrected chi connectivity index (χ0v) is 16.9. The van der Waals surface area contributed by atoms with E-state index in [0.29, 0.717) is 17.8 Å². The Bertz CT molecular complexity index is 805. The Labute approximate surface area is 170 Å². The van der Waals surface area contributed by atoms with Crippen molar-refractivity contribution in [3.05, 3.63) is 59.7 Å². The van der Waals surface area contributed by atoms with Gasteiger partial charge in [-0.2, -0.15) is 0 Å². The summed E-state index contributed by atoms with van der Waals surface area (Å²) < 4.78 is 5.10. The maximum absolute atomic E-state index is 12.1. The molecule has 7 heteroatoms. The molecule has 2 aromatic rings. The van der Waals surface area contributed by atoms with Crippen molar-refractivity contribution in [2.75, 3.05) is 19.0 Å². The van der Waals surface area contributed by atoms with Crippen LogP contribution in [-0.2, 0) is 11.2 Å². The second kappa shape index (κ2) is 11.0. The van der Waals surface area contributed by atoms with E-state index in [1.807, 2.05) is 12.1 Å². The molecule has 0 aromatic heterocycles. The van der Waals surface area contributed by atoms with Crippen LogP contribution >= 0.6 is 12.2 Å². The van der Waals surface area contributed by atoms with Gasteiger partial charge in [-0.3, -0.25) is 9.59 Å². The number of unbranched alkanes of at least 4 members (excludes halogenated alkanes) is 1. The summed E-state index contributed by atoms with van der Waals surface area (Å²) in [6.45, 7) is 2.74. The van der Waals surface area contributed by atoms with Crippen LogP contribution in [0.3, 0.4) is 0 Å². The number of nitrogens with one attached hydrogen (secondary N) is 3. The molecule has 6 nitrogen and oxygen atoms in total. The second-order valence-corrected chi connectivity index (χ2v) is 6.62. The smallest absolute Gasteiger partial charge is 0.251 e. The average molecular weight is 400 g/mol. The molecule has 0 bridgehead atoms. The molecule has 148 valence electrons. The normalized spacial score (nSPS) is 10.1. The van der Waals surface area contributed by atoms with Crippen molar-refractivity contribution >= 4 is 34.8 Å². The molecule has 0 heterocycles. The molecule has 0 saturated heterocycles. The third kappa shape index (κ3) is 7.00. The van der Waals surface area contributed by atoms with Crippen molar-refractivity contribution in [3.8, 4) is 5.75 Å². The first-order valence-corrected chi connectivity index (χ1v) is 9.54. The molecule has 0 aliphatic carbocycles. The van der Waals surface area contributed by atoms with E-state index in [1.54, 1.807) is 43.5 Å². The van der Waals surface area contributed by atoms with E-state index in [-0.39, 0.29) is 23.3 Å². The summed E-state index contributed by atoms with van der Waals surface area (Å²) in [5.74, 6) is 0.425. The van der Waals surface area contributed by atoms with Crippen LogP contribution in [0.15, 0.2) is 48.5 Å². The summed E-state index contributed by atoms with van der Waals surface area (Å²) in [7, 11) is 1.59. The Hall–Kier alpha value is -2.93. The maximum atomic E-state index is 12.1. The van der Waals surface area contributed by atoms with Gasteiger partial charge in [-0.25, -0.2) is 0 Å². The van der Waals surface area contributed by atoms with Gasteiger partial charge in [0.25, 0.3) is 5.91 Å². The Kier molecular flexibility index (Phi) is 8.42. The van der Waals surface area contributed by atoms with Crippen molar-refractivity contribution < 1.29 is 14.3 Å². The van der Waals surface area contributed by atoms with Gasteiger partial charge in [0.05, 0.1) is 13.5 Å². The number of carbonyl (C=O) groups is 2. The first-order valence-electron chi connectivity index (χ1n) is 9.14. The minimum Gasteiger partial charge on any atom is -0.497 e. The van der Waals surface area contributed by atoms with Gasteiger partial charge in [0, 0.05) is 17.8 Å². The number of benzene rings is 2. The number of carbonyl (C=O) groups excluding carboxylic acids is 2. The molecule has 0 fully saturated rings. The van der Waals surface area contributed by atoms with Gasteiger partial charge >= 0.3 is 0 Å². The van der Waals surface area contributed by atoms with Crippen molar-refractivity contribution in [3.63, 3.8) is 0 Å². The highest BCUT2D eigenvalue weighted by atomic mass is 32.1. The third-order valence-electron chi connectivity index (χ3n) is 4.00. The maximum Gasteiger partial charge on any atom is 0.251 e. The standard InChI is InChI=1S/C21H25N3O3S/c1-3-4-13-22-20(26)16-7-9-17(10-8-16)23-21(28)24-19(25)14-15-5-11-18(27-2)12-6-15/h5-12H,3-4,13-14H2,1-2H3,(H,22,26)(H2,23,24,25,28). The summed E-state index contributed by atoms with van der Waals surface area (Å²) in [6.07, 6.45) is 2.20. The topological polar surface area (TPSA) is 79.5 Å². The molecule has 0 aliphatic rings. The molecule has 28 heavy (non-hydrogen) atoms. The second-order valence-electron chi connectivity index (χ2n) is 6.21. The number of thiocarbonyl (C=S) groups is 1. The highest BCUT2D eigenvalue weighted by Crippen LogP contribution is 2.12. The quantitative estimate of drug-likeness (QED) is 0.469. The third-order valence-corrected chi connectivity index (χ3v) is 4.20. The number of anilines is 1. The molecule has 0 aliphatic heterocycles. The van der Waals surface area contributed by atoms with E-state index in [0.717, 1.165) is 24.2 Å². The summed E-state index contributed by atoms with van der Waals surface area (Å²) in [5.41, 5.74) is 2.13. The summed E-state index contributed by atoms with van der Waals surface area (Å²) >= 11 is 5.18. The molecule has 2 rings (SSSR count). The largest absolute Gasteiger partial charge is 0.497 e. The zero-order valence-electron chi connectivity index (χ0n) is 16.1. The van der Waals surface area contributed by atoms with E-state index < -0.39 is 0 Å². The SMILES string of the molecule is CCCCNC(=O)c1ccc(NC(=S)NC(=O)Cc2ccc(OC)cc2)cc1. The Morgan fingerprint density at radius 2 is 1.71 bits per heavy atom. The van der Waals surface area contributed by atoms with Crippen molar-refractivity contribution in [1.82, 2.24) is 10.6 Å². The van der Waals surface area contributed by atoms with Crippen molar-refractivity contribution in [2.24, 2.45) is 0 Å². The first-order chi connectivity index (χ1) is 13.5. The van der Waals surface area contributed by atoms with E-state index >= 15 is 0 Å². The van der Waals surface area contributed by atoms with Gasteiger partial charge in [0.15, 0.2) is 5.11 Å². The fourth-order valence-electron chi connectivity index (χ4n) is 2.45. The number of rotatable bonds is 8. The highest BCUT2D eigenvalue weighted by molar-refractivity contribution is 7.80. The number of hydrogen-bond acceptors (Lipinski definition) is 4. The summed E-state index contributed by atoms with van der Waals surface area (Å²) in [6, 6.07) is 14.2. The minimum absolute atomic E-state index is 0.102. The highest BCUT2D eigenvalue weighted by Gasteiger charge is 2.08. The van der Waals surface area contributed by atoms with Crippen LogP contribution < -0.4 is 20.7 Å². The predicted molar refractivity (Wildman–Crippen MR) is 115 cm³/mol.